The summed E-state index contributed by atoms with van der Waals surface area (Å²) in [5, 5.41) is 0. The third-order valence-corrected chi connectivity index (χ3v) is 1.53. The number of rotatable bonds is 3. The van der Waals surface area contributed by atoms with Gasteiger partial charge in [-0.2, -0.15) is 0 Å². The number of hydrogen-bond donors (Lipinski definition) is 1. The molecule has 0 aliphatic rings. The van der Waals surface area contributed by atoms with Gasteiger partial charge in [0.15, 0.2) is 6.29 Å². The molecule has 0 radical (unpaired) electrons. The van der Waals surface area contributed by atoms with Gasteiger partial charge in [-0.05, 0) is 11.6 Å². The fraction of sp³-hybridized carbons (Fsp3) is 0. The zero-order valence-corrected chi connectivity index (χ0v) is 6.94. The maximum atomic E-state index is 10.7. The number of carbonyl (C=O) groups excluding carboxylic acids is 2. The molecule has 66 valence electrons. The zero-order chi connectivity index (χ0) is 9.68. The average molecular weight is 175 g/mol. The van der Waals surface area contributed by atoms with Crippen molar-refractivity contribution in [3.05, 3.63) is 41.5 Å². The van der Waals surface area contributed by atoms with Crippen molar-refractivity contribution in [2.45, 2.75) is 0 Å². The zero-order valence-electron chi connectivity index (χ0n) is 6.94. The average Bonchev–Trinajstić information content (AvgIpc) is 2.15. The van der Waals surface area contributed by atoms with E-state index in [4.69, 9.17) is 5.73 Å². The van der Waals surface area contributed by atoms with E-state index >= 15 is 0 Å². The molecular weight excluding hydrogens is 166 g/mol. The smallest absolute Gasteiger partial charge is 0.252 e. The van der Waals surface area contributed by atoms with Gasteiger partial charge in [-0.15, -0.1) is 0 Å². The molecule has 1 aromatic rings. The van der Waals surface area contributed by atoms with Gasteiger partial charge in [0, 0.05) is 0 Å². The predicted molar refractivity (Wildman–Crippen MR) is 49.7 cm³/mol. The Labute approximate surface area is 75.9 Å². The Hall–Kier alpha value is -1.90. The number of hydrogen-bond acceptors (Lipinski definition) is 2. The largest absolute Gasteiger partial charge is 0.365 e. The van der Waals surface area contributed by atoms with Crippen molar-refractivity contribution in [1.29, 1.82) is 0 Å². The SMILES string of the molecule is NC(=O)C(C=O)=Cc1ccccc1. The topological polar surface area (TPSA) is 60.2 Å². The fourth-order valence-electron chi connectivity index (χ4n) is 0.892. The van der Waals surface area contributed by atoms with Gasteiger partial charge < -0.3 is 5.73 Å². The van der Waals surface area contributed by atoms with Gasteiger partial charge in [0.25, 0.3) is 5.91 Å². The van der Waals surface area contributed by atoms with Crippen LogP contribution in [0.25, 0.3) is 6.08 Å². The molecule has 0 bridgehead atoms. The summed E-state index contributed by atoms with van der Waals surface area (Å²) in [5.74, 6) is -0.709. The number of nitrogens with two attached hydrogens (primary N) is 1. The number of amides is 1. The maximum Gasteiger partial charge on any atom is 0.252 e. The van der Waals surface area contributed by atoms with E-state index in [-0.39, 0.29) is 5.57 Å². The minimum Gasteiger partial charge on any atom is -0.365 e. The van der Waals surface area contributed by atoms with Crippen LogP contribution in [0.4, 0.5) is 0 Å². The number of primary amides is 1. The molecule has 0 atom stereocenters. The normalized spacial score (nSPS) is 10.9. The molecule has 1 aromatic carbocycles. The molecule has 1 amide bonds. The van der Waals surface area contributed by atoms with Gasteiger partial charge in [0.2, 0.25) is 0 Å². The fourth-order valence-corrected chi connectivity index (χ4v) is 0.892. The Bertz CT molecular complexity index is 341. The highest BCUT2D eigenvalue weighted by Gasteiger charge is 2.01. The van der Waals surface area contributed by atoms with Crippen LogP contribution in [0.15, 0.2) is 35.9 Å². The molecule has 1 rings (SSSR count). The van der Waals surface area contributed by atoms with Crippen LogP contribution in [-0.4, -0.2) is 12.2 Å². The van der Waals surface area contributed by atoms with Crippen molar-refractivity contribution in [3.8, 4) is 0 Å². The van der Waals surface area contributed by atoms with Crippen LogP contribution in [-0.2, 0) is 9.59 Å². The van der Waals surface area contributed by atoms with Crippen molar-refractivity contribution < 1.29 is 9.59 Å². The summed E-state index contributed by atoms with van der Waals surface area (Å²) in [5.41, 5.74) is 5.72. The lowest BCUT2D eigenvalue weighted by atomic mass is 10.1. The van der Waals surface area contributed by atoms with Crippen LogP contribution >= 0.6 is 0 Å². The third-order valence-electron chi connectivity index (χ3n) is 1.53. The van der Waals surface area contributed by atoms with E-state index in [9.17, 15) is 9.59 Å². The van der Waals surface area contributed by atoms with E-state index in [1.54, 1.807) is 12.1 Å². The van der Waals surface area contributed by atoms with Gasteiger partial charge >= 0.3 is 0 Å². The Morgan fingerprint density at radius 1 is 1.23 bits per heavy atom. The summed E-state index contributed by atoms with van der Waals surface area (Å²) < 4.78 is 0. The molecule has 0 fully saturated rings. The lowest BCUT2D eigenvalue weighted by molar-refractivity contribution is -0.116. The minimum absolute atomic E-state index is 0.0220. The van der Waals surface area contributed by atoms with E-state index < -0.39 is 5.91 Å². The second-order valence-corrected chi connectivity index (χ2v) is 2.49. The number of benzene rings is 1. The Kier molecular flexibility index (Phi) is 2.97. The molecule has 0 saturated carbocycles. The van der Waals surface area contributed by atoms with Crippen LogP contribution in [0.2, 0.25) is 0 Å². The van der Waals surface area contributed by atoms with E-state index in [0.29, 0.717) is 6.29 Å². The molecule has 0 aromatic heterocycles. The summed E-state index contributed by atoms with van der Waals surface area (Å²) in [4.78, 5) is 21.0. The van der Waals surface area contributed by atoms with Gasteiger partial charge in [-0.1, -0.05) is 30.3 Å². The summed E-state index contributed by atoms with van der Waals surface area (Å²) >= 11 is 0. The Morgan fingerprint density at radius 3 is 2.31 bits per heavy atom. The van der Waals surface area contributed by atoms with E-state index in [2.05, 4.69) is 0 Å². The number of carbonyl (C=O) groups is 2. The van der Waals surface area contributed by atoms with Crippen LogP contribution < -0.4 is 5.73 Å². The van der Waals surface area contributed by atoms with Crippen molar-refractivity contribution in [2.24, 2.45) is 5.73 Å². The molecule has 0 unspecified atom stereocenters. The van der Waals surface area contributed by atoms with Crippen molar-refractivity contribution in [1.82, 2.24) is 0 Å². The highest BCUT2D eigenvalue weighted by molar-refractivity contribution is 6.13. The van der Waals surface area contributed by atoms with Gasteiger partial charge in [-0.3, -0.25) is 9.59 Å². The molecule has 0 aliphatic carbocycles. The van der Waals surface area contributed by atoms with Crippen LogP contribution in [0.5, 0.6) is 0 Å². The lowest BCUT2D eigenvalue weighted by Crippen LogP contribution is -2.14. The lowest BCUT2D eigenvalue weighted by Gasteiger charge is -1.93. The summed E-state index contributed by atoms with van der Waals surface area (Å²) in [6, 6.07) is 9.05. The first-order valence-corrected chi connectivity index (χ1v) is 3.76. The third kappa shape index (κ3) is 2.56. The molecule has 0 aliphatic heterocycles. The molecule has 0 saturated heterocycles. The van der Waals surface area contributed by atoms with E-state index in [1.807, 2.05) is 18.2 Å². The van der Waals surface area contributed by atoms with Gasteiger partial charge in [0.1, 0.15) is 0 Å². The van der Waals surface area contributed by atoms with Gasteiger partial charge in [-0.25, -0.2) is 0 Å². The number of aldehydes is 1. The van der Waals surface area contributed by atoms with Crippen LogP contribution in [0.3, 0.4) is 0 Å². The summed E-state index contributed by atoms with van der Waals surface area (Å²) in [6.45, 7) is 0. The van der Waals surface area contributed by atoms with E-state index in [1.165, 1.54) is 6.08 Å². The molecule has 0 heterocycles. The first kappa shape index (κ1) is 9.19. The van der Waals surface area contributed by atoms with Crippen LogP contribution in [0.1, 0.15) is 5.56 Å². The van der Waals surface area contributed by atoms with Crippen LogP contribution in [0, 0.1) is 0 Å². The molecule has 2 N–H and O–H groups in total. The molecule has 0 spiro atoms. The summed E-state index contributed by atoms with van der Waals surface area (Å²) in [6.07, 6.45) is 1.91. The standard InChI is InChI=1S/C10H9NO2/c11-10(13)9(7-12)6-8-4-2-1-3-5-8/h1-7H,(H2,11,13). The molecule has 13 heavy (non-hydrogen) atoms. The second-order valence-electron chi connectivity index (χ2n) is 2.49. The Morgan fingerprint density at radius 2 is 1.85 bits per heavy atom. The highest BCUT2D eigenvalue weighted by Crippen LogP contribution is 2.04. The first-order valence-electron chi connectivity index (χ1n) is 3.76. The minimum atomic E-state index is -0.709. The maximum absolute atomic E-state index is 10.7. The summed E-state index contributed by atoms with van der Waals surface area (Å²) in [7, 11) is 0. The van der Waals surface area contributed by atoms with Gasteiger partial charge in [0.05, 0.1) is 5.57 Å². The molecular formula is C10H9NO2. The first-order chi connectivity index (χ1) is 6.24. The van der Waals surface area contributed by atoms with Crippen molar-refractivity contribution >= 4 is 18.3 Å². The highest BCUT2D eigenvalue weighted by atomic mass is 16.2. The van der Waals surface area contributed by atoms with Crippen molar-refractivity contribution in [3.63, 3.8) is 0 Å². The Balaban J connectivity index is 2.98. The van der Waals surface area contributed by atoms with E-state index in [0.717, 1.165) is 5.56 Å². The quantitative estimate of drug-likeness (QED) is 0.319. The monoisotopic (exact) mass is 175 g/mol. The second kappa shape index (κ2) is 4.21. The predicted octanol–water partition coefficient (Wildman–Crippen LogP) is 0.754. The molecule has 3 heteroatoms. The molecule has 3 nitrogen and oxygen atoms in total. The van der Waals surface area contributed by atoms with Crippen molar-refractivity contribution in [2.75, 3.05) is 0 Å².